The van der Waals surface area contributed by atoms with Gasteiger partial charge in [-0.3, -0.25) is 4.79 Å². The summed E-state index contributed by atoms with van der Waals surface area (Å²) in [5, 5.41) is 18.3. The highest BCUT2D eigenvalue weighted by atomic mass is 35.5. The molecule has 5 rings (SSSR count). The maximum atomic E-state index is 11.7. The van der Waals surface area contributed by atoms with Gasteiger partial charge >= 0.3 is 17.9 Å². The number of nitrogens with two attached hydrogens (primary N) is 3. The van der Waals surface area contributed by atoms with E-state index in [2.05, 4.69) is 96.0 Å². The van der Waals surface area contributed by atoms with E-state index >= 15 is 0 Å². The fourth-order valence-electron chi connectivity index (χ4n) is 2.56. The molecular formula is C21H21Cl8N22O4-. The fourth-order valence-corrected chi connectivity index (χ4v) is 3.75. The van der Waals surface area contributed by atoms with Crippen LogP contribution in [0.2, 0.25) is 41.2 Å². The molecule has 0 aliphatic carbocycles. The van der Waals surface area contributed by atoms with E-state index in [0.29, 0.717) is 5.95 Å². The van der Waals surface area contributed by atoms with Crippen molar-refractivity contribution in [1.29, 1.82) is 0 Å². The Morgan fingerprint density at radius 2 is 0.891 bits per heavy atom. The van der Waals surface area contributed by atoms with Gasteiger partial charge in [0.2, 0.25) is 78.6 Å². The van der Waals surface area contributed by atoms with Crippen LogP contribution in [0.5, 0.6) is 6.01 Å². The summed E-state index contributed by atoms with van der Waals surface area (Å²) in [6, 6.07) is -0.261. The third-order valence-electron chi connectivity index (χ3n) is 4.41. The summed E-state index contributed by atoms with van der Waals surface area (Å²) in [7, 11) is 3.24. The fraction of sp³-hybridized carbons (Fsp3) is 0.190. The smallest absolute Gasteiger partial charge is 0.333 e. The molecule has 0 atom stereocenters. The summed E-state index contributed by atoms with van der Waals surface area (Å²) in [6.07, 6.45) is 0. The molecule has 0 aliphatic rings. The maximum absolute atomic E-state index is 11.7. The Morgan fingerprint density at radius 1 is 0.545 bits per heavy atom. The highest BCUT2D eigenvalue weighted by Crippen LogP contribution is 2.12. The van der Waals surface area contributed by atoms with Crippen LogP contribution in [0.3, 0.4) is 0 Å². The van der Waals surface area contributed by atoms with Gasteiger partial charge in [0.15, 0.2) is 4.24 Å². The first-order valence-electron chi connectivity index (χ1n) is 14.7. The van der Waals surface area contributed by atoms with E-state index in [0.717, 1.165) is 0 Å². The van der Waals surface area contributed by atoms with E-state index in [-0.39, 0.29) is 104 Å². The summed E-state index contributed by atoms with van der Waals surface area (Å²) in [4.78, 5) is 76.5. The first-order valence-corrected chi connectivity index (χ1v) is 15.9. The van der Waals surface area contributed by atoms with Crippen LogP contribution in [0.1, 0.15) is 0 Å². The molecule has 0 bridgehead atoms. The molecule has 5 aromatic rings. The third kappa shape index (κ3) is 20.2. The lowest BCUT2D eigenvalue weighted by molar-refractivity contribution is -0.135. The number of nitrogens with one attached hydrogen (secondary N) is 4. The average molecular weight is 932 g/mol. The molecule has 0 unspecified atom stereocenters. The molecule has 0 radical (unpaired) electrons. The van der Waals surface area contributed by atoms with Crippen molar-refractivity contribution < 1.29 is 36.1 Å². The molecule has 0 saturated carbocycles. The molecule has 0 aromatic carbocycles. The Morgan fingerprint density at radius 3 is 1.31 bits per heavy atom. The largest absolute Gasteiger partial charge is 1.00 e. The second-order valence-corrected chi connectivity index (χ2v) is 10.5. The number of esters is 1. The lowest BCUT2D eigenvalue weighted by atomic mass is 10.6. The van der Waals surface area contributed by atoms with E-state index < -0.39 is 11.9 Å². The molecule has 11 N–H and O–H groups in total. The Hall–Kier alpha value is -5.09. The zero-order chi connectivity index (χ0) is 42.5. The third-order valence-corrected chi connectivity index (χ3v) is 5.59. The van der Waals surface area contributed by atoms with Gasteiger partial charge in [0.1, 0.15) is 13.1 Å². The van der Waals surface area contributed by atoms with E-state index in [4.69, 9.17) is 95.3 Å². The number of halogens is 8. The highest BCUT2D eigenvalue weighted by Gasteiger charge is 2.12. The number of carbonyl (C=O) groups is 2. The van der Waals surface area contributed by atoms with Crippen molar-refractivity contribution in [1.82, 2.24) is 74.8 Å². The van der Waals surface area contributed by atoms with Crippen LogP contribution < -0.4 is 55.6 Å². The SMILES string of the molecule is CNc1nc(Cl)nc(Cl)n1.[2H]Nc1nc(Cl)nc(Cl)n1.[2H]Nc1nc(Cl)nc(NCC(=O)O)n1.[2H]Nc1nc(Cl)nc(NCC(=O)Oc2nc(Cl)nc(NC)n2)n1.[Cl-]. The Kier molecular flexibility index (Phi) is 18.9. The van der Waals surface area contributed by atoms with Gasteiger partial charge in [0, 0.05) is 14.1 Å². The molecule has 0 aliphatic heterocycles. The Bertz CT molecular complexity index is 2020. The number of carbonyl (C=O) groups excluding carboxylic acids is 1. The van der Waals surface area contributed by atoms with Crippen molar-refractivity contribution in [3.8, 4) is 6.01 Å². The van der Waals surface area contributed by atoms with Crippen molar-refractivity contribution >= 4 is 135 Å². The van der Waals surface area contributed by atoms with Crippen molar-refractivity contribution in [2.75, 3.05) is 65.6 Å². The zero-order valence-electron chi connectivity index (χ0n) is 29.8. The van der Waals surface area contributed by atoms with Crippen LogP contribution in [0.25, 0.3) is 0 Å². The van der Waals surface area contributed by atoms with Crippen LogP contribution in [0.15, 0.2) is 0 Å². The van der Waals surface area contributed by atoms with Gasteiger partial charge in [-0.2, -0.15) is 74.8 Å². The molecule has 34 heteroatoms. The number of rotatable bonds is 12. The summed E-state index contributed by atoms with van der Waals surface area (Å²) >= 11 is 38.4. The molecule has 26 nitrogen and oxygen atoms in total. The molecule has 5 heterocycles. The maximum Gasteiger partial charge on any atom is 0.333 e. The standard InChI is InChI=1S/C9H9Cl2N9O2.C5H6ClN5O2.C4H4Cl2N4.C3H2Cl2N4.ClH/c1-13-7-16-5(11)18-9(20-7)22-3(21)2-14-8-17-4(10)15-6(12)19-8;6-3-9-4(7)11-5(10-3)8-1-2(12)13;1-7-4-9-2(5)8-3(6)10-4;4-1-7-2(5)9-3(6)8-1;/h2H2,1H3,(H,13,16,18,20)(H3,12,14,15,17,19);1H2,(H,12,13)(H3,7,8,9,10,11);1H3,(H,7,8,9,10);(H2,6,7,8,9);1H/p-1/i/hD3. The van der Waals surface area contributed by atoms with Crippen LogP contribution in [-0.4, -0.2) is 119 Å². The summed E-state index contributed by atoms with van der Waals surface area (Å²) in [6.45, 7) is -0.645. The highest BCUT2D eigenvalue weighted by molar-refractivity contribution is 6.31. The molecular weight excluding hydrogens is 908 g/mol. The topological polar surface area (TPSA) is 383 Å². The molecule has 5 aromatic heterocycles. The molecule has 296 valence electrons. The summed E-state index contributed by atoms with van der Waals surface area (Å²) in [5.74, 6) is -1.38. The van der Waals surface area contributed by atoms with Gasteiger partial charge in [0.05, 0.1) is 0 Å². The number of ether oxygens (including phenoxy) is 1. The number of hydrogen-bond acceptors (Lipinski definition) is 25. The van der Waals surface area contributed by atoms with E-state index in [1.165, 1.54) is 0 Å². The zero-order valence-corrected chi connectivity index (χ0v) is 32.9. The number of carboxylic acids is 1. The number of nitrogen functional groups attached to an aromatic ring is 3. The van der Waals surface area contributed by atoms with Crippen molar-refractivity contribution in [2.24, 2.45) is 0 Å². The van der Waals surface area contributed by atoms with Gasteiger partial charge in [-0.1, -0.05) is 0 Å². The lowest BCUT2D eigenvalue weighted by Crippen LogP contribution is -3.00. The molecule has 0 fully saturated rings. The molecule has 0 saturated heterocycles. The number of aliphatic carboxylic acids is 1. The Balaban J connectivity index is 0.000000412. The molecule has 0 amide bonds. The van der Waals surface area contributed by atoms with E-state index in [9.17, 15) is 9.59 Å². The first-order chi connectivity index (χ1) is 27.0. The predicted molar refractivity (Wildman–Crippen MR) is 197 cm³/mol. The minimum Gasteiger partial charge on any atom is -1.00 e. The van der Waals surface area contributed by atoms with E-state index in [1.807, 2.05) is 17.2 Å². The second-order valence-electron chi connectivity index (χ2n) is 8.18. The van der Waals surface area contributed by atoms with Crippen LogP contribution in [-0.2, 0) is 9.59 Å². The molecule has 55 heavy (non-hydrogen) atoms. The minimum atomic E-state index is -1.05. The second kappa shape index (κ2) is 24.3. The van der Waals surface area contributed by atoms with Crippen molar-refractivity contribution in [3.05, 3.63) is 37.0 Å². The average Bonchev–Trinajstić information content (AvgIpc) is 3.15. The van der Waals surface area contributed by atoms with Gasteiger partial charge in [0.25, 0.3) is 0 Å². The quantitative estimate of drug-likeness (QED) is 0.0666. The number of hydrogen-bond donors (Lipinski definition) is 8. The van der Waals surface area contributed by atoms with Crippen LogP contribution in [0.4, 0.5) is 41.6 Å². The van der Waals surface area contributed by atoms with Gasteiger partial charge < -0.3 is 60.7 Å². The normalized spacial score (nSPS) is 10.2. The van der Waals surface area contributed by atoms with Gasteiger partial charge in [-0.25, -0.2) is 4.79 Å². The molecule has 0 spiro atoms. The number of nitrogens with zero attached hydrogens (tertiary/aromatic N) is 15. The van der Waals surface area contributed by atoms with Crippen molar-refractivity contribution in [2.45, 2.75) is 0 Å². The summed E-state index contributed by atoms with van der Waals surface area (Å²) < 4.78 is 25.2. The van der Waals surface area contributed by atoms with Gasteiger partial charge in [-0.05, 0) is 81.2 Å². The van der Waals surface area contributed by atoms with Crippen molar-refractivity contribution in [3.63, 3.8) is 0 Å². The number of aromatic nitrogens is 15. The van der Waals surface area contributed by atoms with Crippen LogP contribution in [0, 0.1) is 0 Å². The predicted octanol–water partition coefficient (Wildman–Crippen LogP) is -1.41. The Labute approximate surface area is 352 Å². The van der Waals surface area contributed by atoms with Crippen LogP contribution >= 0.6 is 81.2 Å². The minimum absolute atomic E-state index is 0. The number of carboxylic acid groups (broad SMARTS) is 1. The van der Waals surface area contributed by atoms with E-state index in [1.54, 1.807) is 14.1 Å². The lowest BCUT2D eigenvalue weighted by Gasteiger charge is -2.06. The monoisotopic (exact) mass is 928 g/mol. The first kappa shape index (κ1) is 42.6. The summed E-state index contributed by atoms with van der Waals surface area (Å²) in [5.41, 5.74) is 5.79. The number of anilines is 7. The van der Waals surface area contributed by atoms with Gasteiger partial charge in [-0.15, -0.1) is 0 Å².